The molecule has 0 unspecified atom stereocenters. The Kier molecular flexibility index (Phi) is 2.91. The molecule has 1 aliphatic carbocycles. The standard InChI is InChI=1S/C6H8Br2O2/c7-3-1-2-4(8)6(10)5(3)9/h1,4-6,9-10H,2H2/t4-,5-,6+/m0/s1. The number of hydrogen-bond acceptors (Lipinski definition) is 2. The van der Waals surface area contributed by atoms with Crippen LogP contribution in [0.5, 0.6) is 0 Å². The van der Waals surface area contributed by atoms with Gasteiger partial charge in [0.25, 0.3) is 0 Å². The largest absolute Gasteiger partial charge is 0.389 e. The van der Waals surface area contributed by atoms with Gasteiger partial charge in [-0.25, -0.2) is 0 Å². The van der Waals surface area contributed by atoms with Crippen molar-refractivity contribution < 1.29 is 10.2 Å². The smallest absolute Gasteiger partial charge is 0.112 e. The van der Waals surface area contributed by atoms with Crippen LogP contribution >= 0.6 is 31.9 Å². The first-order chi connectivity index (χ1) is 4.63. The quantitative estimate of drug-likeness (QED) is 0.649. The van der Waals surface area contributed by atoms with Crippen molar-refractivity contribution in [2.24, 2.45) is 0 Å². The van der Waals surface area contributed by atoms with E-state index in [1.165, 1.54) is 0 Å². The summed E-state index contributed by atoms with van der Waals surface area (Å²) in [5, 5.41) is 18.5. The van der Waals surface area contributed by atoms with Crippen LogP contribution in [0.1, 0.15) is 6.42 Å². The first-order valence-electron chi connectivity index (χ1n) is 2.98. The van der Waals surface area contributed by atoms with Crippen molar-refractivity contribution in [1.29, 1.82) is 0 Å². The van der Waals surface area contributed by atoms with Gasteiger partial charge in [-0.15, -0.1) is 0 Å². The Morgan fingerprint density at radius 2 is 2.10 bits per heavy atom. The van der Waals surface area contributed by atoms with Crippen LogP contribution in [0, 0.1) is 0 Å². The lowest BCUT2D eigenvalue weighted by atomic mass is 10.0. The van der Waals surface area contributed by atoms with E-state index in [2.05, 4.69) is 31.9 Å². The lowest BCUT2D eigenvalue weighted by Gasteiger charge is -2.25. The van der Waals surface area contributed by atoms with Crippen molar-refractivity contribution in [3.8, 4) is 0 Å². The van der Waals surface area contributed by atoms with Crippen LogP contribution in [-0.4, -0.2) is 27.2 Å². The fraction of sp³-hybridized carbons (Fsp3) is 0.667. The molecule has 10 heavy (non-hydrogen) atoms. The summed E-state index contributed by atoms with van der Waals surface area (Å²) in [5.41, 5.74) is 0. The maximum atomic E-state index is 9.25. The SMILES string of the molecule is O[C@@H]1[C@@H](Br)CC=C(Br)[C@@H]1O. The van der Waals surface area contributed by atoms with E-state index in [-0.39, 0.29) is 4.83 Å². The van der Waals surface area contributed by atoms with Crippen LogP contribution in [0.3, 0.4) is 0 Å². The molecule has 4 heteroatoms. The highest BCUT2D eigenvalue weighted by Gasteiger charge is 2.29. The van der Waals surface area contributed by atoms with Gasteiger partial charge >= 0.3 is 0 Å². The number of hydrogen-bond donors (Lipinski definition) is 2. The van der Waals surface area contributed by atoms with Gasteiger partial charge in [0.05, 0.1) is 6.10 Å². The minimum Gasteiger partial charge on any atom is -0.389 e. The van der Waals surface area contributed by atoms with Crippen molar-refractivity contribution in [3.63, 3.8) is 0 Å². The summed E-state index contributed by atoms with van der Waals surface area (Å²) in [6, 6.07) is 0. The Labute approximate surface area is 76.2 Å². The third-order valence-electron chi connectivity index (χ3n) is 1.51. The summed E-state index contributed by atoms with van der Waals surface area (Å²) >= 11 is 6.40. The molecule has 0 amide bonds. The number of aliphatic hydroxyl groups excluding tert-OH is 2. The average molecular weight is 272 g/mol. The summed E-state index contributed by atoms with van der Waals surface area (Å²) in [6.45, 7) is 0. The molecule has 1 rings (SSSR count). The molecule has 0 fully saturated rings. The van der Waals surface area contributed by atoms with E-state index in [0.717, 1.165) is 6.42 Å². The van der Waals surface area contributed by atoms with E-state index in [1.807, 2.05) is 6.08 Å². The second-order valence-corrected chi connectivity index (χ2v) is 4.37. The van der Waals surface area contributed by atoms with Crippen molar-refractivity contribution >= 4 is 31.9 Å². The van der Waals surface area contributed by atoms with Crippen LogP contribution in [-0.2, 0) is 0 Å². The molecule has 3 atom stereocenters. The first kappa shape index (κ1) is 8.71. The molecule has 0 bridgehead atoms. The second-order valence-electron chi connectivity index (χ2n) is 2.28. The monoisotopic (exact) mass is 270 g/mol. The summed E-state index contributed by atoms with van der Waals surface area (Å²) in [5.74, 6) is 0. The van der Waals surface area contributed by atoms with Gasteiger partial charge in [0, 0.05) is 9.31 Å². The third-order valence-corrected chi connectivity index (χ3v) is 3.22. The topological polar surface area (TPSA) is 40.5 Å². The molecule has 0 saturated heterocycles. The summed E-state index contributed by atoms with van der Waals surface area (Å²) in [4.78, 5) is -0.0243. The summed E-state index contributed by atoms with van der Waals surface area (Å²) in [7, 11) is 0. The third kappa shape index (κ3) is 1.61. The Morgan fingerprint density at radius 3 is 2.60 bits per heavy atom. The predicted molar refractivity (Wildman–Crippen MR) is 46.4 cm³/mol. The zero-order chi connectivity index (χ0) is 7.72. The molecule has 58 valence electrons. The molecule has 0 aromatic heterocycles. The fourth-order valence-electron chi connectivity index (χ4n) is 0.846. The zero-order valence-corrected chi connectivity index (χ0v) is 8.34. The molecule has 2 N–H and O–H groups in total. The van der Waals surface area contributed by atoms with Crippen LogP contribution in [0.15, 0.2) is 10.6 Å². The predicted octanol–water partition coefficient (Wildman–Crippen LogP) is 1.15. The van der Waals surface area contributed by atoms with E-state index in [9.17, 15) is 10.2 Å². The Balaban J connectivity index is 2.71. The van der Waals surface area contributed by atoms with Gasteiger partial charge in [-0.1, -0.05) is 37.9 Å². The van der Waals surface area contributed by atoms with Crippen molar-refractivity contribution in [2.45, 2.75) is 23.5 Å². The Morgan fingerprint density at radius 1 is 1.50 bits per heavy atom. The van der Waals surface area contributed by atoms with Crippen LogP contribution < -0.4 is 0 Å². The van der Waals surface area contributed by atoms with Crippen molar-refractivity contribution in [2.75, 3.05) is 0 Å². The molecule has 0 radical (unpaired) electrons. The number of halogens is 2. The molecule has 1 aliphatic rings. The molecule has 0 saturated carbocycles. The van der Waals surface area contributed by atoms with E-state index >= 15 is 0 Å². The van der Waals surface area contributed by atoms with Gasteiger partial charge in [0.2, 0.25) is 0 Å². The van der Waals surface area contributed by atoms with E-state index in [1.54, 1.807) is 0 Å². The summed E-state index contributed by atoms with van der Waals surface area (Å²) in [6.07, 6.45) is 1.15. The zero-order valence-electron chi connectivity index (χ0n) is 5.17. The number of rotatable bonds is 0. The molecule has 0 spiro atoms. The van der Waals surface area contributed by atoms with Crippen LogP contribution in [0.2, 0.25) is 0 Å². The number of aliphatic hydroxyl groups is 2. The molecular weight excluding hydrogens is 264 g/mol. The minimum atomic E-state index is -0.766. The van der Waals surface area contributed by atoms with Gasteiger partial charge in [-0.3, -0.25) is 0 Å². The lowest BCUT2D eigenvalue weighted by molar-refractivity contribution is 0.0425. The van der Waals surface area contributed by atoms with E-state index in [4.69, 9.17) is 0 Å². The highest BCUT2D eigenvalue weighted by Crippen LogP contribution is 2.27. The molecule has 0 aromatic carbocycles. The lowest BCUT2D eigenvalue weighted by Crippen LogP contribution is -2.36. The average Bonchev–Trinajstić information content (AvgIpc) is 1.93. The number of alkyl halides is 1. The van der Waals surface area contributed by atoms with Crippen LogP contribution in [0.25, 0.3) is 0 Å². The Bertz CT molecular complexity index is 158. The summed E-state index contributed by atoms with van der Waals surface area (Å²) < 4.78 is 0.677. The van der Waals surface area contributed by atoms with Gasteiger partial charge in [-0.05, 0) is 6.42 Å². The van der Waals surface area contributed by atoms with E-state index in [0.29, 0.717) is 4.48 Å². The van der Waals surface area contributed by atoms with Gasteiger partial charge in [0.1, 0.15) is 6.10 Å². The van der Waals surface area contributed by atoms with Gasteiger partial charge < -0.3 is 10.2 Å². The van der Waals surface area contributed by atoms with Crippen LogP contribution in [0.4, 0.5) is 0 Å². The number of allylic oxidation sites excluding steroid dienone is 1. The van der Waals surface area contributed by atoms with Crippen molar-refractivity contribution in [1.82, 2.24) is 0 Å². The first-order valence-corrected chi connectivity index (χ1v) is 4.69. The maximum absolute atomic E-state index is 9.25. The Hall–Kier alpha value is 0.620. The van der Waals surface area contributed by atoms with Gasteiger partial charge in [0.15, 0.2) is 0 Å². The van der Waals surface area contributed by atoms with Crippen molar-refractivity contribution in [3.05, 3.63) is 10.6 Å². The molecule has 2 nitrogen and oxygen atoms in total. The molecule has 0 heterocycles. The maximum Gasteiger partial charge on any atom is 0.112 e. The molecular formula is C6H8Br2O2. The van der Waals surface area contributed by atoms with E-state index < -0.39 is 12.2 Å². The van der Waals surface area contributed by atoms with Gasteiger partial charge in [-0.2, -0.15) is 0 Å². The fourth-order valence-corrected chi connectivity index (χ4v) is 1.78. The minimum absolute atomic E-state index is 0.0243. The highest BCUT2D eigenvalue weighted by molar-refractivity contribution is 9.11. The normalized spacial score (nSPS) is 41.2. The highest BCUT2D eigenvalue weighted by atomic mass is 79.9. The second kappa shape index (κ2) is 3.34. The molecule has 0 aliphatic heterocycles. The molecule has 0 aromatic rings.